The normalized spacial score (nSPS) is 13.5. The van der Waals surface area contributed by atoms with E-state index in [-0.39, 0.29) is 11.1 Å². The van der Waals surface area contributed by atoms with Gasteiger partial charge in [0.25, 0.3) is 5.91 Å². The molecular formula is C21H18FN3O3S. The molecule has 1 aliphatic heterocycles. The second-order valence-electron chi connectivity index (χ2n) is 6.74. The van der Waals surface area contributed by atoms with Gasteiger partial charge in [-0.3, -0.25) is 14.9 Å². The summed E-state index contributed by atoms with van der Waals surface area (Å²) in [6, 6.07) is 10.2. The van der Waals surface area contributed by atoms with Gasteiger partial charge >= 0.3 is 0 Å². The molecule has 0 atom stereocenters. The van der Waals surface area contributed by atoms with Gasteiger partial charge < -0.3 is 10.0 Å². The summed E-state index contributed by atoms with van der Waals surface area (Å²) in [6.45, 7) is 2.11. The number of phenols is 1. The molecule has 6 nitrogen and oxygen atoms in total. The quantitative estimate of drug-likeness (QED) is 0.611. The third kappa shape index (κ3) is 3.97. The first-order chi connectivity index (χ1) is 14.0. The number of aldehydes is 1. The standard InChI is InChI=1S/C21H18FN3O3S/c22-17-10-14(8-15(12-26)19(17)27)20(28)24-21-23-11-18(29-21)13-4-3-5-16(9-13)25-6-1-2-7-25/h3-5,8-12,27H,1-2,6-7H2,(H,23,24,28). The monoisotopic (exact) mass is 411 g/mol. The summed E-state index contributed by atoms with van der Waals surface area (Å²) < 4.78 is 13.7. The molecule has 2 aromatic carbocycles. The number of hydrogen-bond acceptors (Lipinski definition) is 6. The van der Waals surface area contributed by atoms with Gasteiger partial charge in [-0.25, -0.2) is 9.37 Å². The minimum absolute atomic E-state index is 0.0739. The molecule has 29 heavy (non-hydrogen) atoms. The molecular weight excluding hydrogens is 393 g/mol. The van der Waals surface area contributed by atoms with E-state index in [9.17, 15) is 19.1 Å². The van der Waals surface area contributed by atoms with Crippen LogP contribution in [0.1, 0.15) is 33.6 Å². The Morgan fingerprint density at radius 3 is 2.79 bits per heavy atom. The minimum Gasteiger partial charge on any atom is -0.504 e. The maximum absolute atomic E-state index is 13.7. The number of benzene rings is 2. The first-order valence-electron chi connectivity index (χ1n) is 9.15. The molecule has 1 aliphatic rings. The highest BCUT2D eigenvalue weighted by Crippen LogP contribution is 2.32. The van der Waals surface area contributed by atoms with Crippen molar-refractivity contribution >= 4 is 34.3 Å². The smallest absolute Gasteiger partial charge is 0.257 e. The van der Waals surface area contributed by atoms with Crippen LogP contribution in [0.4, 0.5) is 15.2 Å². The fourth-order valence-corrected chi connectivity index (χ4v) is 4.11. The van der Waals surface area contributed by atoms with Crippen molar-refractivity contribution in [2.75, 3.05) is 23.3 Å². The predicted octanol–water partition coefficient (Wildman–Crippen LogP) is 4.32. The SMILES string of the molecule is O=Cc1cc(C(=O)Nc2ncc(-c3cccc(N4CCCC4)c3)s2)cc(F)c1O. The van der Waals surface area contributed by atoms with Crippen molar-refractivity contribution in [1.29, 1.82) is 0 Å². The summed E-state index contributed by atoms with van der Waals surface area (Å²) in [4.78, 5) is 30.8. The van der Waals surface area contributed by atoms with Crippen molar-refractivity contribution in [3.05, 3.63) is 59.5 Å². The van der Waals surface area contributed by atoms with Crippen LogP contribution in [0, 0.1) is 5.82 Å². The Morgan fingerprint density at radius 1 is 1.24 bits per heavy atom. The zero-order valence-corrected chi connectivity index (χ0v) is 16.2. The minimum atomic E-state index is -1.03. The van der Waals surface area contributed by atoms with Gasteiger partial charge in [0.15, 0.2) is 23.0 Å². The maximum atomic E-state index is 13.7. The molecule has 0 radical (unpaired) electrons. The number of thiazole rings is 1. The Morgan fingerprint density at radius 2 is 2.03 bits per heavy atom. The van der Waals surface area contributed by atoms with Crippen LogP contribution in [0.2, 0.25) is 0 Å². The van der Waals surface area contributed by atoms with Gasteiger partial charge in [-0.05, 0) is 42.7 Å². The van der Waals surface area contributed by atoms with Crippen LogP contribution in [0.25, 0.3) is 10.4 Å². The zero-order valence-electron chi connectivity index (χ0n) is 15.4. The van der Waals surface area contributed by atoms with Crippen molar-refractivity contribution in [2.45, 2.75) is 12.8 Å². The number of nitrogens with zero attached hydrogens (tertiary/aromatic N) is 2. The first-order valence-corrected chi connectivity index (χ1v) is 9.97. The van der Waals surface area contributed by atoms with Crippen LogP contribution < -0.4 is 10.2 Å². The lowest BCUT2D eigenvalue weighted by Gasteiger charge is -2.18. The summed E-state index contributed by atoms with van der Waals surface area (Å²) in [5.74, 6) is -2.41. The Bertz CT molecular complexity index is 1080. The summed E-state index contributed by atoms with van der Waals surface area (Å²) in [7, 11) is 0. The number of halogens is 1. The van der Waals surface area contributed by atoms with E-state index in [1.165, 1.54) is 29.9 Å². The molecule has 0 aliphatic carbocycles. The number of carbonyl (C=O) groups excluding carboxylic acids is 2. The van der Waals surface area contributed by atoms with E-state index < -0.39 is 17.5 Å². The zero-order chi connectivity index (χ0) is 20.4. The van der Waals surface area contributed by atoms with Crippen molar-refractivity contribution in [3.63, 3.8) is 0 Å². The average molecular weight is 411 g/mol. The molecule has 1 fully saturated rings. The van der Waals surface area contributed by atoms with Crippen molar-refractivity contribution in [2.24, 2.45) is 0 Å². The number of hydrogen-bond donors (Lipinski definition) is 2. The largest absolute Gasteiger partial charge is 0.504 e. The molecule has 3 aromatic rings. The molecule has 0 saturated carbocycles. The van der Waals surface area contributed by atoms with E-state index in [0.29, 0.717) is 11.4 Å². The molecule has 2 N–H and O–H groups in total. The average Bonchev–Trinajstić information content (AvgIpc) is 3.42. The van der Waals surface area contributed by atoms with E-state index in [0.717, 1.165) is 35.7 Å². The molecule has 0 bridgehead atoms. The molecule has 148 valence electrons. The Hall–Kier alpha value is -3.26. The number of rotatable bonds is 5. The fraction of sp³-hybridized carbons (Fsp3) is 0.190. The van der Waals surface area contributed by atoms with E-state index in [4.69, 9.17) is 0 Å². The molecule has 8 heteroatoms. The number of phenolic OH excluding ortho intramolecular Hbond substituents is 1. The van der Waals surface area contributed by atoms with E-state index in [1.54, 1.807) is 6.20 Å². The Labute approximate surface area is 170 Å². The number of amides is 1. The van der Waals surface area contributed by atoms with Crippen LogP contribution in [0.15, 0.2) is 42.6 Å². The van der Waals surface area contributed by atoms with Crippen molar-refractivity contribution in [1.82, 2.24) is 4.98 Å². The highest BCUT2D eigenvalue weighted by Gasteiger charge is 2.17. The van der Waals surface area contributed by atoms with Gasteiger partial charge in [-0.15, -0.1) is 0 Å². The highest BCUT2D eigenvalue weighted by atomic mass is 32.1. The van der Waals surface area contributed by atoms with Gasteiger partial charge in [0.2, 0.25) is 0 Å². The van der Waals surface area contributed by atoms with Crippen LogP contribution in [-0.2, 0) is 0 Å². The van der Waals surface area contributed by atoms with Gasteiger partial charge in [0.1, 0.15) is 0 Å². The number of aromatic hydroxyl groups is 1. The second kappa shape index (κ2) is 8.00. The highest BCUT2D eigenvalue weighted by molar-refractivity contribution is 7.19. The molecule has 0 spiro atoms. The van der Waals surface area contributed by atoms with E-state index in [1.807, 2.05) is 12.1 Å². The second-order valence-corrected chi connectivity index (χ2v) is 7.77. The molecule has 0 unspecified atom stereocenters. The summed E-state index contributed by atoms with van der Waals surface area (Å²) in [5, 5.41) is 12.4. The molecule has 1 aromatic heterocycles. The van der Waals surface area contributed by atoms with Crippen LogP contribution >= 0.6 is 11.3 Å². The van der Waals surface area contributed by atoms with Crippen LogP contribution in [-0.4, -0.2) is 35.4 Å². The van der Waals surface area contributed by atoms with Crippen molar-refractivity contribution in [3.8, 4) is 16.2 Å². The van der Waals surface area contributed by atoms with Gasteiger partial charge in [-0.1, -0.05) is 23.5 Å². The van der Waals surface area contributed by atoms with Gasteiger partial charge in [-0.2, -0.15) is 0 Å². The lowest BCUT2D eigenvalue weighted by Crippen LogP contribution is -2.17. The van der Waals surface area contributed by atoms with Gasteiger partial charge in [0.05, 0.1) is 10.4 Å². The predicted molar refractivity (Wildman–Crippen MR) is 110 cm³/mol. The number of nitrogens with one attached hydrogen (secondary N) is 1. The fourth-order valence-electron chi connectivity index (χ4n) is 3.31. The number of aromatic nitrogens is 1. The third-order valence-electron chi connectivity index (χ3n) is 4.81. The lowest BCUT2D eigenvalue weighted by atomic mass is 10.1. The molecule has 2 heterocycles. The van der Waals surface area contributed by atoms with E-state index in [2.05, 4.69) is 27.3 Å². The summed E-state index contributed by atoms with van der Waals surface area (Å²) >= 11 is 1.30. The van der Waals surface area contributed by atoms with Crippen molar-refractivity contribution < 1.29 is 19.1 Å². The summed E-state index contributed by atoms with van der Waals surface area (Å²) in [6.07, 6.45) is 4.37. The maximum Gasteiger partial charge on any atom is 0.257 e. The molecule has 1 amide bonds. The number of carbonyl (C=O) groups is 2. The van der Waals surface area contributed by atoms with Crippen LogP contribution in [0.5, 0.6) is 5.75 Å². The lowest BCUT2D eigenvalue weighted by molar-refractivity contribution is 0.102. The third-order valence-corrected chi connectivity index (χ3v) is 5.77. The molecule has 4 rings (SSSR count). The Balaban J connectivity index is 1.53. The van der Waals surface area contributed by atoms with Crippen LogP contribution in [0.3, 0.4) is 0 Å². The van der Waals surface area contributed by atoms with E-state index >= 15 is 0 Å². The molecule has 1 saturated heterocycles. The first kappa shape index (κ1) is 19.1. The topological polar surface area (TPSA) is 82.5 Å². The summed E-state index contributed by atoms with van der Waals surface area (Å²) in [5.41, 5.74) is 1.81. The number of anilines is 2. The Kier molecular flexibility index (Phi) is 5.26. The van der Waals surface area contributed by atoms with Gasteiger partial charge in [0, 0.05) is 30.5 Å².